The first-order valence-corrected chi connectivity index (χ1v) is 6.09. The first kappa shape index (κ1) is 12.1. The lowest BCUT2D eigenvalue weighted by Gasteiger charge is -2.26. The predicted octanol–water partition coefficient (Wildman–Crippen LogP) is 2.19. The molecule has 0 fully saturated rings. The highest BCUT2D eigenvalue weighted by atomic mass is 16.5. The minimum Gasteiger partial charge on any atom is -0.497 e. The van der Waals surface area contributed by atoms with Gasteiger partial charge in [0, 0.05) is 11.6 Å². The van der Waals surface area contributed by atoms with E-state index in [-0.39, 0.29) is 11.8 Å². The highest BCUT2D eigenvalue weighted by molar-refractivity contribution is 6.02. The van der Waals surface area contributed by atoms with Crippen LogP contribution < -0.4 is 10.1 Å². The molecule has 1 aromatic carbocycles. The summed E-state index contributed by atoms with van der Waals surface area (Å²) in [6.45, 7) is 4.13. The van der Waals surface area contributed by atoms with Crippen molar-refractivity contribution in [1.82, 2.24) is 5.32 Å². The normalized spacial score (nSPS) is 19.3. The summed E-state index contributed by atoms with van der Waals surface area (Å²) >= 11 is 0. The Morgan fingerprint density at radius 1 is 1.41 bits per heavy atom. The van der Waals surface area contributed by atoms with E-state index in [1.54, 1.807) is 7.11 Å². The average Bonchev–Trinajstić information content (AvgIpc) is 2.32. The van der Waals surface area contributed by atoms with Crippen molar-refractivity contribution in [2.24, 2.45) is 0 Å². The second-order valence-corrected chi connectivity index (χ2v) is 4.80. The lowest BCUT2D eigenvalue weighted by Crippen LogP contribution is -2.43. The zero-order valence-corrected chi connectivity index (χ0v) is 10.6. The summed E-state index contributed by atoms with van der Waals surface area (Å²) in [6.07, 6.45) is 1.84. The average molecular weight is 233 g/mol. The van der Waals surface area contributed by atoms with Crippen LogP contribution in [-0.4, -0.2) is 25.0 Å². The Labute approximate surface area is 102 Å². The summed E-state index contributed by atoms with van der Waals surface area (Å²) in [5.41, 5.74) is 1.95. The number of ether oxygens (including phenoxy) is 1. The van der Waals surface area contributed by atoms with E-state index in [1.807, 2.05) is 18.2 Å². The van der Waals surface area contributed by atoms with E-state index >= 15 is 0 Å². The van der Waals surface area contributed by atoms with E-state index in [0.29, 0.717) is 6.04 Å². The number of hydrogen-bond acceptors (Lipinski definition) is 3. The molecule has 1 aromatic rings. The largest absolute Gasteiger partial charge is 0.497 e. The highest BCUT2D eigenvalue weighted by Gasteiger charge is 2.27. The standard InChI is InChI=1S/C14H19NO2/c1-9(2)15-13-7-5-10-4-6-11(17-3)8-12(10)14(13)16/h4,6,8-9,13,15H,5,7H2,1-3H3. The lowest BCUT2D eigenvalue weighted by atomic mass is 9.86. The van der Waals surface area contributed by atoms with Crippen LogP contribution in [0.5, 0.6) is 5.75 Å². The minimum absolute atomic E-state index is 0.0467. The van der Waals surface area contributed by atoms with Gasteiger partial charge in [0.2, 0.25) is 0 Å². The third-order valence-electron chi connectivity index (χ3n) is 3.14. The van der Waals surface area contributed by atoms with Crippen LogP contribution in [0.4, 0.5) is 0 Å². The van der Waals surface area contributed by atoms with E-state index in [2.05, 4.69) is 19.2 Å². The van der Waals surface area contributed by atoms with Crippen LogP contribution in [0.25, 0.3) is 0 Å². The van der Waals surface area contributed by atoms with Gasteiger partial charge < -0.3 is 10.1 Å². The van der Waals surface area contributed by atoms with Gasteiger partial charge >= 0.3 is 0 Å². The number of carbonyl (C=O) groups excluding carboxylic acids is 1. The van der Waals surface area contributed by atoms with Gasteiger partial charge in [-0.15, -0.1) is 0 Å². The molecule has 0 spiro atoms. The van der Waals surface area contributed by atoms with Gasteiger partial charge in [0.05, 0.1) is 13.2 Å². The van der Waals surface area contributed by atoms with Crippen LogP contribution in [0, 0.1) is 0 Å². The molecule has 0 aliphatic heterocycles. The van der Waals surface area contributed by atoms with Gasteiger partial charge in [-0.05, 0) is 30.5 Å². The Morgan fingerprint density at radius 3 is 2.82 bits per heavy atom. The van der Waals surface area contributed by atoms with Crippen molar-refractivity contribution in [2.45, 2.75) is 38.8 Å². The number of fused-ring (bicyclic) bond motifs is 1. The van der Waals surface area contributed by atoms with Crippen molar-refractivity contribution in [3.8, 4) is 5.75 Å². The zero-order chi connectivity index (χ0) is 12.4. The van der Waals surface area contributed by atoms with Crippen molar-refractivity contribution in [2.75, 3.05) is 7.11 Å². The first-order valence-electron chi connectivity index (χ1n) is 6.09. The van der Waals surface area contributed by atoms with E-state index in [9.17, 15) is 4.79 Å². The third kappa shape index (κ3) is 2.50. The number of carbonyl (C=O) groups is 1. The van der Waals surface area contributed by atoms with Crippen molar-refractivity contribution in [3.05, 3.63) is 29.3 Å². The number of aryl methyl sites for hydroxylation is 1. The lowest BCUT2D eigenvalue weighted by molar-refractivity contribution is 0.0922. The first-order chi connectivity index (χ1) is 8.11. The molecule has 0 heterocycles. The fourth-order valence-electron chi connectivity index (χ4n) is 2.31. The molecule has 1 N–H and O–H groups in total. The molecule has 3 nitrogen and oxygen atoms in total. The maximum atomic E-state index is 12.3. The quantitative estimate of drug-likeness (QED) is 0.869. The molecule has 17 heavy (non-hydrogen) atoms. The number of Topliss-reactive ketones (excluding diaryl/α,β-unsaturated/α-hetero) is 1. The second-order valence-electron chi connectivity index (χ2n) is 4.80. The van der Waals surface area contributed by atoms with Crippen molar-refractivity contribution in [1.29, 1.82) is 0 Å². The summed E-state index contributed by atoms with van der Waals surface area (Å²) in [5, 5.41) is 3.32. The van der Waals surface area contributed by atoms with Crippen molar-refractivity contribution in [3.63, 3.8) is 0 Å². The Bertz CT molecular complexity index is 426. The van der Waals surface area contributed by atoms with E-state index < -0.39 is 0 Å². The molecule has 1 aliphatic carbocycles. The van der Waals surface area contributed by atoms with Crippen LogP contribution in [0.2, 0.25) is 0 Å². The van der Waals surface area contributed by atoms with Gasteiger partial charge in [-0.1, -0.05) is 19.9 Å². The van der Waals surface area contributed by atoms with E-state index in [4.69, 9.17) is 4.74 Å². The smallest absolute Gasteiger partial charge is 0.180 e. The Hall–Kier alpha value is -1.35. The maximum absolute atomic E-state index is 12.3. The molecule has 1 aliphatic rings. The minimum atomic E-state index is -0.0467. The Balaban J connectivity index is 2.27. The number of ketones is 1. The molecule has 92 valence electrons. The van der Waals surface area contributed by atoms with Gasteiger partial charge in [0.1, 0.15) is 5.75 Å². The van der Waals surface area contributed by atoms with Gasteiger partial charge in [0.25, 0.3) is 0 Å². The number of rotatable bonds is 3. The molecule has 3 heteroatoms. The summed E-state index contributed by atoms with van der Waals surface area (Å²) in [7, 11) is 1.62. The van der Waals surface area contributed by atoms with Crippen LogP contribution in [0.15, 0.2) is 18.2 Å². The monoisotopic (exact) mass is 233 g/mol. The number of benzene rings is 1. The fourth-order valence-corrected chi connectivity index (χ4v) is 2.31. The maximum Gasteiger partial charge on any atom is 0.180 e. The van der Waals surface area contributed by atoms with Gasteiger partial charge in [0.15, 0.2) is 5.78 Å². The summed E-state index contributed by atoms with van der Waals surface area (Å²) in [4.78, 5) is 12.3. The Morgan fingerprint density at radius 2 is 2.18 bits per heavy atom. The molecule has 1 atom stereocenters. The molecule has 2 rings (SSSR count). The number of methoxy groups -OCH3 is 1. The third-order valence-corrected chi connectivity index (χ3v) is 3.14. The summed E-state index contributed by atoms with van der Waals surface area (Å²) in [6, 6.07) is 6.05. The SMILES string of the molecule is COc1ccc2c(c1)C(=O)C(NC(C)C)CC2. The fraction of sp³-hybridized carbons (Fsp3) is 0.500. The van der Waals surface area contributed by atoms with Crippen molar-refractivity contribution < 1.29 is 9.53 Å². The molecule has 0 aromatic heterocycles. The molecule has 0 saturated carbocycles. The molecular formula is C14H19NO2. The van der Waals surface area contributed by atoms with E-state index in [1.165, 1.54) is 0 Å². The molecule has 1 unspecified atom stereocenters. The summed E-state index contributed by atoms with van der Waals surface area (Å²) in [5.74, 6) is 0.946. The van der Waals surface area contributed by atoms with E-state index in [0.717, 1.165) is 29.7 Å². The van der Waals surface area contributed by atoms with Crippen molar-refractivity contribution >= 4 is 5.78 Å². The molecular weight excluding hydrogens is 214 g/mol. The molecule has 0 bridgehead atoms. The van der Waals surface area contributed by atoms with Gasteiger partial charge in [-0.3, -0.25) is 4.79 Å². The Kier molecular flexibility index (Phi) is 3.48. The predicted molar refractivity (Wildman–Crippen MR) is 67.7 cm³/mol. The van der Waals surface area contributed by atoms with Crippen LogP contribution in [0.1, 0.15) is 36.2 Å². The molecule has 0 radical (unpaired) electrons. The topological polar surface area (TPSA) is 38.3 Å². The van der Waals surface area contributed by atoms with Gasteiger partial charge in [-0.2, -0.15) is 0 Å². The van der Waals surface area contributed by atoms with Crippen LogP contribution in [-0.2, 0) is 6.42 Å². The van der Waals surface area contributed by atoms with Crippen LogP contribution in [0.3, 0.4) is 0 Å². The second kappa shape index (κ2) is 4.88. The number of hydrogen-bond donors (Lipinski definition) is 1. The van der Waals surface area contributed by atoms with Gasteiger partial charge in [-0.25, -0.2) is 0 Å². The van der Waals surface area contributed by atoms with Crippen LogP contribution >= 0.6 is 0 Å². The molecule has 0 amide bonds. The molecule has 0 saturated heterocycles. The summed E-state index contributed by atoms with van der Waals surface area (Å²) < 4.78 is 5.17. The highest BCUT2D eigenvalue weighted by Crippen LogP contribution is 2.25. The zero-order valence-electron chi connectivity index (χ0n) is 10.6. The number of nitrogens with one attached hydrogen (secondary N) is 1.